The molecule has 7 heteroatoms. The molecule has 1 fully saturated rings. The van der Waals surface area contributed by atoms with E-state index in [1.54, 1.807) is 24.5 Å². The zero-order valence-electron chi connectivity index (χ0n) is 14.6. The largest absolute Gasteiger partial charge is 0.459 e. The van der Waals surface area contributed by atoms with E-state index in [2.05, 4.69) is 25.4 Å². The summed E-state index contributed by atoms with van der Waals surface area (Å²) in [4.78, 5) is 18.9. The molecule has 0 bridgehead atoms. The Hall–Kier alpha value is -2.70. The standard InChI is InChI=1S/C18H23N5O2/c1-13(2)25-18(24)15-5-3-9-19-17(15)23-11-7-14(8-12-23)21-16-6-4-10-20-22-16/h3-6,9-10,13-14H,7-8,11-12H2,1-2H3,(H,21,22). The van der Waals surface area contributed by atoms with Crippen molar-refractivity contribution < 1.29 is 9.53 Å². The Kier molecular flexibility index (Phi) is 5.42. The molecule has 1 aliphatic heterocycles. The number of nitrogens with zero attached hydrogens (tertiary/aromatic N) is 4. The quantitative estimate of drug-likeness (QED) is 0.837. The molecule has 0 unspecified atom stereocenters. The number of ether oxygens (including phenoxy) is 1. The average molecular weight is 341 g/mol. The van der Waals surface area contributed by atoms with Gasteiger partial charge in [0, 0.05) is 31.5 Å². The van der Waals surface area contributed by atoms with Crippen LogP contribution in [0.5, 0.6) is 0 Å². The minimum absolute atomic E-state index is 0.150. The Morgan fingerprint density at radius 1 is 1.24 bits per heavy atom. The molecule has 3 heterocycles. The van der Waals surface area contributed by atoms with Gasteiger partial charge in [0.05, 0.1) is 6.10 Å². The number of hydrogen-bond donors (Lipinski definition) is 1. The van der Waals surface area contributed by atoms with Gasteiger partial charge in [-0.2, -0.15) is 5.10 Å². The van der Waals surface area contributed by atoms with Gasteiger partial charge in [0.15, 0.2) is 0 Å². The number of rotatable bonds is 5. The fourth-order valence-corrected chi connectivity index (χ4v) is 2.91. The lowest BCUT2D eigenvalue weighted by atomic mass is 10.0. The molecular weight excluding hydrogens is 318 g/mol. The van der Waals surface area contributed by atoms with E-state index >= 15 is 0 Å². The summed E-state index contributed by atoms with van der Waals surface area (Å²) in [7, 11) is 0. The van der Waals surface area contributed by atoms with E-state index in [9.17, 15) is 4.79 Å². The zero-order valence-corrected chi connectivity index (χ0v) is 14.6. The second kappa shape index (κ2) is 7.92. The van der Waals surface area contributed by atoms with Gasteiger partial charge in [-0.25, -0.2) is 9.78 Å². The van der Waals surface area contributed by atoms with Gasteiger partial charge < -0.3 is 15.0 Å². The lowest BCUT2D eigenvalue weighted by Crippen LogP contribution is -2.40. The summed E-state index contributed by atoms with van der Waals surface area (Å²) in [5, 5.41) is 11.4. The van der Waals surface area contributed by atoms with E-state index < -0.39 is 0 Å². The van der Waals surface area contributed by atoms with Crippen LogP contribution in [0.4, 0.5) is 11.6 Å². The van der Waals surface area contributed by atoms with Crippen molar-refractivity contribution in [2.24, 2.45) is 0 Å². The van der Waals surface area contributed by atoms with Crippen LogP contribution in [0.15, 0.2) is 36.7 Å². The van der Waals surface area contributed by atoms with Crippen molar-refractivity contribution in [1.82, 2.24) is 15.2 Å². The van der Waals surface area contributed by atoms with Gasteiger partial charge in [-0.15, -0.1) is 5.10 Å². The summed E-state index contributed by atoms with van der Waals surface area (Å²) >= 11 is 0. The molecule has 132 valence electrons. The molecule has 2 aromatic heterocycles. The van der Waals surface area contributed by atoms with E-state index in [1.807, 2.05) is 26.0 Å². The molecule has 25 heavy (non-hydrogen) atoms. The molecule has 0 spiro atoms. The van der Waals surface area contributed by atoms with Gasteiger partial charge in [-0.1, -0.05) is 0 Å². The Morgan fingerprint density at radius 2 is 2.00 bits per heavy atom. The average Bonchev–Trinajstić information content (AvgIpc) is 2.63. The lowest BCUT2D eigenvalue weighted by molar-refractivity contribution is 0.0378. The third-order valence-electron chi connectivity index (χ3n) is 4.07. The number of anilines is 2. The number of carbonyl (C=O) groups is 1. The van der Waals surface area contributed by atoms with Gasteiger partial charge in [-0.3, -0.25) is 0 Å². The third kappa shape index (κ3) is 4.43. The molecule has 7 nitrogen and oxygen atoms in total. The minimum Gasteiger partial charge on any atom is -0.459 e. The molecule has 0 aliphatic carbocycles. The highest BCUT2D eigenvalue weighted by atomic mass is 16.5. The van der Waals surface area contributed by atoms with Crippen molar-refractivity contribution in [3.05, 3.63) is 42.2 Å². The molecule has 0 radical (unpaired) electrons. The number of pyridine rings is 1. The fourth-order valence-electron chi connectivity index (χ4n) is 2.91. The van der Waals surface area contributed by atoms with E-state index in [4.69, 9.17) is 4.74 Å². The van der Waals surface area contributed by atoms with Crippen molar-refractivity contribution in [1.29, 1.82) is 0 Å². The molecule has 0 atom stereocenters. The fraction of sp³-hybridized carbons (Fsp3) is 0.444. The molecule has 2 aromatic rings. The Labute approximate surface area is 147 Å². The van der Waals surface area contributed by atoms with E-state index in [1.165, 1.54) is 0 Å². The normalized spacial score (nSPS) is 15.2. The molecular formula is C18H23N5O2. The highest BCUT2D eigenvalue weighted by molar-refractivity contribution is 5.94. The summed E-state index contributed by atoms with van der Waals surface area (Å²) in [6, 6.07) is 7.66. The monoisotopic (exact) mass is 341 g/mol. The van der Waals surface area contributed by atoms with E-state index in [-0.39, 0.29) is 12.1 Å². The van der Waals surface area contributed by atoms with Crippen LogP contribution in [0.1, 0.15) is 37.0 Å². The van der Waals surface area contributed by atoms with Gasteiger partial charge in [0.2, 0.25) is 0 Å². The summed E-state index contributed by atoms with van der Waals surface area (Å²) in [6.07, 6.45) is 5.10. The maximum absolute atomic E-state index is 12.3. The molecule has 0 aromatic carbocycles. The maximum Gasteiger partial charge on any atom is 0.342 e. The van der Waals surface area contributed by atoms with E-state index in [0.717, 1.165) is 31.7 Å². The van der Waals surface area contributed by atoms with Crippen molar-refractivity contribution in [2.75, 3.05) is 23.3 Å². The Balaban J connectivity index is 1.64. The number of esters is 1. The first-order valence-corrected chi connectivity index (χ1v) is 8.58. The van der Waals surface area contributed by atoms with Gasteiger partial charge in [-0.05, 0) is 51.0 Å². The lowest BCUT2D eigenvalue weighted by Gasteiger charge is -2.34. The Bertz CT molecular complexity index is 700. The van der Waals surface area contributed by atoms with Crippen molar-refractivity contribution in [3.8, 4) is 0 Å². The van der Waals surface area contributed by atoms with Gasteiger partial charge >= 0.3 is 5.97 Å². The topological polar surface area (TPSA) is 80.2 Å². The molecule has 1 saturated heterocycles. The number of hydrogen-bond acceptors (Lipinski definition) is 7. The third-order valence-corrected chi connectivity index (χ3v) is 4.07. The second-order valence-corrected chi connectivity index (χ2v) is 6.34. The summed E-state index contributed by atoms with van der Waals surface area (Å²) in [5.41, 5.74) is 0.525. The smallest absolute Gasteiger partial charge is 0.342 e. The first-order chi connectivity index (χ1) is 12.1. The van der Waals surface area contributed by atoms with Crippen LogP contribution in [-0.4, -0.2) is 46.4 Å². The predicted molar refractivity (Wildman–Crippen MR) is 95.7 cm³/mol. The highest BCUT2D eigenvalue weighted by Crippen LogP contribution is 2.24. The predicted octanol–water partition coefficient (Wildman–Crippen LogP) is 2.52. The summed E-state index contributed by atoms with van der Waals surface area (Å²) in [6.45, 7) is 5.32. The van der Waals surface area contributed by atoms with Crippen LogP contribution in [0.2, 0.25) is 0 Å². The number of piperidine rings is 1. The van der Waals surface area contributed by atoms with Crippen LogP contribution < -0.4 is 10.2 Å². The van der Waals surface area contributed by atoms with Crippen LogP contribution in [0.3, 0.4) is 0 Å². The molecule has 1 aliphatic rings. The van der Waals surface area contributed by atoms with Crippen LogP contribution in [-0.2, 0) is 4.74 Å². The van der Waals surface area contributed by atoms with Crippen molar-refractivity contribution >= 4 is 17.6 Å². The van der Waals surface area contributed by atoms with Gasteiger partial charge in [0.1, 0.15) is 17.2 Å². The van der Waals surface area contributed by atoms with Crippen molar-refractivity contribution in [2.45, 2.75) is 38.8 Å². The number of nitrogens with one attached hydrogen (secondary N) is 1. The van der Waals surface area contributed by atoms with Gasteiger partial charge in [0.25, 0.3) is 0 Å². The number of aromatic nitrogens is 3. The molecule has 1 N–H and O–H groups in total. The second-order valence-electron chi connectivity index (χ2n) is 6.34. The van der Waals surface area contributed by atoms with Crippen LogP contribution >= 0.6 is 0 Å². The SMILES string of the molecule is CC(C)OC(=O)c1cccnc1N1CCC(Nc2cccnn2)CC1. The summed E-state index contributed by atoms with van der Waals surface area (Å²) < 4.78 is 5.33. The first kappa shape index (κ1) is 17.1. The maximum atomic E-state index is 12.3. The highest BCUT2D eigenvalue weighted by Gasteiger charge is 2.24. The van der Waals surface area contributed by atoms with Crippen LogP contribution in [0, 0.1) is 0 Å². The van der Waals surface area contributed by atoms with Crippen molar-refractivity contribution in [3.63, 3.8) is 0 Å². The molecule has 3 rings (SSSR count). The zero-order chi connectivity index (χ0) is 17.6. The minimum atomic E-state index is -0.321. The van der Waals surface area contributed by atoms with E-state index in [0.29, 0.717) is 17.4 Å². The summed E-state index contributed by atoms with van der Waals surface area (Å²) in [5.74, 6) is 1.17. The number of carbonyl (C=O) groups excluding carboxylic acids is 1. The first-order valence-electron chi connectivity index (χ1n) is 8.58. The Morgan fingerprint density at radius 3 is 2.68 bits per heavy atom. The molecule has 0 saturated carbocycles. The molecule has 0 amide bonds. The van der Waals surface area contributed by atoms with Crippen LogP contribution in [0.25, 0.3) is 0 Å².